The molecule has 1 heterocycles. The van der Waals surface area contributed by atoms with Crippen molar-refractivity contribution in [1.29, 1.82) is 5.26 Å². The minimum atomic E-state index is -4.64. The number of H-pyrrole nitrogens is 1. The third-order valence-electron chi connectivity index (χ3n) is 3.92. The molecule has 0 unspecified atom stereocenters. The molecule has 8 nitrogen and oxygen atoms in total. The minimum Gasteiger partial charge on any atom is -0.381 e. The number of hydrogen-bond donors (Lipinski definition) is 3. The van der Waals surface area contributed by atoms with Crippen molar-refractivity contribution < 1.29 is 18.1 Å². The minimum absolute atomic E-state index is 0.0427. The van der Waals surface area contributed by atoms with Gasteiger partial charge in [0.25, 0.3) is 5.69 Å². The van der Waals surface area contributed by atoms with Crippen molar-refractivity contribution in [1.82, 2.24) is 10.2 Å². The number of aromatic amines is 1. The van der Waals surface area contributed by atoms with Crippen LogP contribution in [-0.4, -0.2) is 21.7 Å². The van der Waals surface area contributed by atoms with Crippen LogP contribution in [0.15, 0.2) is 18.2 Å². The molecule has 144 valence electrons. The van der Waals surface area contributed by atoms with Gasteiger partial charge >= 0.3 is 6.18 Å². The predicted octanol–water partition coefficient (Wildman–Crippen LogP) is 3.62. The number of nitro benzene ring substituents is 1. The van der Waals surface area contributed by atoms with E-state index in [0.717, 1.165) is 25.0 Å². The number of aromatic nitrogens is 2. The summed E-state index contributed by atoms with van der Waals surface area (Å²) in [6.07, 6.45) is -1.95. The highest BCUT2D eigenvalue weighted by Gasteiger charge is 2.32. The first-order valence-electron chi connectivity index (χ1n) is 8.06. The molecule has 0 atom stereocenters. The molecule has 0 saturated carbocycles. The van der Waals surface area contributed by atoms with Crippen LogP contribution in [0, 0.1) is 21.4 Å². The summed E-state index contributed by atoms with van der Waals surface area (Å²) in [5.74, 6) is 0.156. The second kappa shape index (κ2) is 8.39. The number of benzene rings is 1. The van der Waals surface area contributed by atoms with Crippen LogP contribution in [0.1, 0.15) is 36.1 Å². The molecule has 0 aliphatic carbocycles. The van der Waals surface area contributed by atoms with Gasteiger partial charge in [-0.3, -0.25) is 15.2 Å². The Morgan fingerprint density at radius 1 is 1.33 bits per heavy atom. The number of nitriles is 1. The number of nitrogen functional groups attached to an aromatic ring is 1. The Hall–Kier alpha value is -3.29. The van der Waals surface area contributed by atoms with Crippen LogP contribution in [0.3, 0.4) is 0 Å². The SMILES string of the molecule is N#Cc1c(N)n[nH]c1CCCCCNc1ccc(C(F)(F)F)cc1[N+](=O)[O-]. The zero-order chi connectivity index (χ0) is 20.0. The number of nitrogens with one attached hydrogen (secondary N) is 2. The van der Waals surface area contributed by atoms with E-state index < -0.39 is 22.4 Å². The number of anilines is 2. The van der Waals surface area contributed by atoms with Gasteiger partial charge in [0.05, 0.1) is 16.2 Å². The fourth-order valence-corrected chi connectivity index (χ4v) is 2.53. The molecule has 0 saturated heterocycles. The molecule has 4 N–H and O–H groups in total. The summed E-state index contributed by atoms with van der Waals surface area (Å²) in [5, 5.41) is 29.2. The number of nitro groups is 1. The molecule has 0 radical (unpaired) electrons. The Kier molecular flexibility index (Phi) is 6.23. The first-order valence-corrected chi connectivity index (χ1v) is 8.06. The van der Waals surface area contributed by atoms with E-state index in [2.05, 4.69) is 15.5 Å². The first kappa shape index (κ1) is 20.0. The van der Waals surface area contributed by atoms with Crippen molar-refractivity contribution in [2.75, 3.05) is 17.6 Å². The number of nitrogens with zero attached hydrogens (tertiary/aromatic N) is 3. The van der Waals surface area contributed by atoms with Gasteiger partial charge in [0.2, 0.25) is 0 Å². The van der Waals surface area contributed by atoms with Crippen molar-refractivity contribution >= 4 is 17.2 Å². The zero-order valence-electron chi connectivity index (χ0n) is 14.1. The van der Waals surface area contributed by atoms with Crippen LogP contribution in [0.4, 0.5) is 30.4 Å². The molecule has 1 aromatic carbocycles. The molecule has 0 amide bonds. The van der Waals surface area contributed by atoms with Crippen LogP contribution in [0.2, 0.25) is 0 Å². The van der Waals surface area contributed by atoms with E-state index >= 15 is 0 Å². The van der Waals surface area contributed by atoms with Gasteiger partial charge in [0, 0.05) is 12.6 Å². The largest absolute Gasteiger partial charge is 0.416 e. The summed E-state index contributed by atoms with van der Waals surface area (Å²) >= 11 is 0. The van der Waals surface area contributed by atoms with Crippen molar-refractivity contribution in [3.8, 4) is 6.07 Å². The lowest BCUT2D eigenvalue weighted by Crippen LogP contribution is -2.09. The van der Waals surface area contributed by atoms with Crippen molar-refractivity contribution in [3.63, 3.8) is 0 Å². The summed E-state index contributed by atoms with van der Waals surface area (Å²) in [7, 11) is 0. The second-order valence-corrected chi connectivity index (χ2v) is 5.80. The maximum Gasteiger partial charge on any atom is 0.416 e. The molecule has 2 rings (SSSR count). The van der Waals surface area contributed by atoms with Crippen molar-refractivity contribution in [2.24, 2.45) is 0 Å². The van der Waals surface area contributed by atoms with E-state index in [9.17, 15) is 23.3 Å². The van der Waals surface area contributed by atoms with Crippen LogP contribution in [0.25, 0.3) is 0 Å². The van der Waals surface area contributed by atoms with Crippen LogP contribution in [-0.2, 0) is 12.6 Å². The van der Waals surface area contributed by atoms with E-state index in [1.165, 1.54) is 0 Å². The fourth-order valence-electron chi connectivity index (χ4n) is 2.53. The number of halogens is 3. The maximum atomic E-state index is 12.7. The Morgan fingerprint density at radius 2 is 2.07 bits per heavy atom. The van der Waals surface area contributed by atoms with Gasteiger partial charge in [-0.05, 0) is 31.4 Å². The average molecular weight is 382 g/mol. The van der Waals surface area contributed by atoms with E-state index in [1.807, 2.05) is 6.07 Å². The lowest BCUT2D eigenvalue weighted by atomic mass is 10.1. The molecule has 1 aromatic heterocycles. The van der Waals surface area contributed by atoms with Gasteiger partial charge in [-0.25, -0.2) is 0 Å². The highest BCUT2D eigenvalue weighted by Crippen LogP contribution is 2.34. The van der Waals surface area contributed by atoms with Crippen LogP contribution >= 0.6 is 0 Å². The smallest absolute Gasteiger partial charge is 0.381 e. The Morgan fingerprint density at radius 3 is 2.70 bits per heavy atom. The summed E-state index contributed by atoms with van der Waals surface area (Å²) in [6.45, 7) is 0.364. The molecule has 0 fully saturated rings. The molecular weight excluding hydrogens is 365 g/mol. The number of aryl methyl sites for hydroxylation is 1. The third kappa shape index (κ3) is 5.10. The van der Waals surface area contributed by atoms with E-state index in [0.29, 0.717) is 36.7 Å². The third-order valence-corrected chi connectivity index (χ3v) is 3.92. The molecule has 0 aliphatic heterocycles. The molecule has 27 heavy (non-hydrogen) atoms. The van der Waals surface area contributed by atoms with Gasteiger partial charge in [0.15, 0.2) is 5.82 Å². The number of nitrogens with two attached hydrogens (primary N) is 1. The first-order chi connectivity index (χ1) is 12.7. The predicted molar refractivity (Wildman–Crippen MR) is 91.9 cm³/mol. The monoisotopic (exact) mass is 382 g/mol. The van der Waals surface area contributed by atoms with Crippen LogP contribution in [0.5, 0.6) is 0 Å². The highest BCUT2D eigenvalue weighted by molar-refractivity contribution is 5.62. The Balaban J connectivity index is 1.85. The number of alkyl halides is 3. The molecule has 0 bridgehead atoms. The summed E-state index contributed by atoms with van der Waals surface area (Å²) < 4.78 is 38.0. The van der Waals surface area contributed by atoms with Gasteiger partial charge in [-0.2, -0.15) is 23.5 Å². The topological polar surface area (TPSA) is 134 Å². The lowest BCUT2D eigenvalue weighted by Gasteiger charge is -2.10. The lowest BCUT2D eigenvalue weighted by molar-refractivity contribution is -0.384. The summed E-state index contributed by atoms with van der Waals surface area (Å²) in [5.41, 5.74) is 4.89. The number of rotatable bonds is 8. The van der Waals surface area contributed by atoms with E-state index in [-0.39, 0.29) is 11.5 Å². The number of hydrogen-bond acceptors (Lipinski definition) is 6. The Labute approximate surface area is 152 Å². The van der Waals surface area contributed by atoms with Crippen molar-refractivity contribution in [3.05, 3.63) is 45.1 Å². The zero-order valence-corrected chi connectivity index (χ0v) is 14.1. The Bertz CT molecular complexity index is 857. The van der Waals surface area contributed by atoms with E-state index in [4.69, 9.17) is 11.0 Å². The highest BCUT2D eigenvalue weighted by atomic mass is 19.4. The normalized spacial score (nSPS) is 11.2. The average Bonchev–Trinajstić information content (AvgIpc) is 2.96. The fraction of sp³-hybridized carbons (Fsp3) is 0.375. The van der Waals surface area contributed by atoms with Crippen LogP contribution < -0.4 is 11.1 Å². The van der Waals surface area contributed by atoms with Crippen molar-refractivity contribution in [2.45, 2.75) is 31.9 Å². The van der Waals surface area contributed by atoms with Gasteiger partial charge < -0.3 is 11.1 Å². The molecule has 0 spiro atoms. The number of unbranched alkanes of at least 4 members (excludes halogenated alkanes) is 2. The quantitative estimate of drug-likeness (QED) is 0.363. The standard InChI is InChI=1S/C16H17F3N6O2/c17-16(18,19)10-5-6-13(14(8-10)25(26)27)22-7-3-1-2-4-12-11(9-20)15(21)24-23-12/h5-6,8,22H,1-4,7H2,(H3,21,23,24). The summed E-state index contributed by atoms with van der Waals surface area (Å²) in [4.78, 5) is 10.2. The van der Waals surface area contributed by atoms with Gasteiger partial charge in [-0.15, -0.1) is 0 Å². The summed E-state index contributed by atoms with van der Waals surface area (Å²) in [6, 6.07) is 4.37. The van der Waals surface area contributed by atoms with Gasteiger partial charge in [-0.1, -0.05) is 6.42 Å². The second-order valence-electron chi connectivity index (χ2n) is 5.80. The molecular formula is C16H17F3N6O2. The molecule has 0 aliphatic rings. The molecule has 11 heteroatoms. The maximum absolute atomic E-state index is 12.7. The van der Waals surface area contributed by atoms with Gasteiger partial charge in [0.1, 0.15) is 17.3 Å². The molecule has 2 aromatic rings. The van der Waals surface area contributed by atoms with E-state index in [1.54, 1.807) is 0 Å².